The van der Waals surface area contributed by atoms with Crippen molar-refractivity contribution in [2.45, 2.75) is 32.4 Å². The summed E-state index contributed by atoms with van der Waals surface area (Å²) in [4.78, 5) is 0. The van der Waals surface area contributed by atoms with Gasteiger partial charge in [-0.25, -0.2) is 4.39 Å². The smallest absolute Gasteiger partial charge is 0.127 e. The highest BCUT2D eigenvalue weighted by atomic mass is 19.1. The average Bonchev–Trinajstić information content (AvgIpc) is 2.82. The average molecular weight is 237 g/mol. The first-order valence-corrected chi connectivity index (χ1v) is 6.26. The summed E-state index contributed by atoms with van der Waals surface area (Å²) >= 11 is 0. The zero-order valence-corrected chi connectivity index (χ0v) is 10.4. The van der Waals surface area contributed by atoms with Crippen molar-refractivity contribution in [3.05, 3.63) is 35.6 Å². The van der Waals surface area contributed by atoms with Crippen molar-refractivity contribution in [3.63, 3.8) is 0 Å². The number of hydrogen-bond donors (Lipinski definition) is 1. The molecule has 2 nitrogen and oxygen atoms in total. The van der Waals surface area contributed by atoms with E-state index >= 15 is 0 Å². The predicted octanol–water partition coefficient (Wildman–Crippen LogP) is 2.90. The number of hydrogen-bond acceptors (Lipinski definition) is 2. The van der Waals surface area contributed by atoms with Crippen molar-refractivity contribution < 1.29 is 9.13 Å². The van der Waals surface area contributed by atoms with Crippen LogP contribution in [0.15, 0.2) is 24.3 Å². The molecule has 0 radical (unpaired) electrons. The molecule has 0 aromatic heterocycles. The first-order chi connectivity index (χ1) is 8.18. The number of benzene rings is 1. The quantitative estimate of drug-likeness (QED) is 0.869. The van der Waals surface area contributed by atoms with Crippen LogP contribution < -0.4 is 5.32 Å². The molecule has 1 N–H and O–H groups in total. The monoisotopic (exact) mass is 237 g/mol. The first-order valence-electron chi connectivity index (χ1n) is 6.26. The van der Waals surface area contributed by atoms with Gasteiger partial charge in [-0.05, 0) is 32.3 Å². The molecular formula is C14H20FNO. The van der Waals surface area contributed by atoms with Gasteiger partial charge in [-0.15, -0.1) is 0 Å². The maximum absolute atomic E-state index is 13.6. The van der Waals surface area contributed by atoms with Gasteiger partial charge in [0, 0.05) is 24.3 Å². The Morgan fingerprint density at radius 1 is 1.35 bits per heavy atom. The SMILES string of the molecule is CC(NC(C)C1CCOC1)c1ccccc1F. The summed E-state index contributed by atoms with van der Waals surface area (Å²) in [5, 5.41) is 3.46. The molecule has 1 fully saturated rings. The number of rotatable bonds is 4. The molecule has 3 unspecified atom stereocenters. The zero-order chi connectivity index (χ0) is 12.3. The Morgan fingerprint density at radius 3 is 2.76 bits per heavy atom. The van der Waals surface area contributed by atoms with E-state index in [9.17, 15) is 4.39 Å². The Morgan fingerprint density at radius 2 is 2.12 bits per heavy atom. The van der Waals surface area contributed by atoms with Crippen LogP contribution in [0.4, 0.5) is 4.39 Å². The number of halogens is 1. The van der Waals surface area contributed by atoms with Crippen LogP contribution in [0.25, 0.3) is 0 Å². The van der Waals surface area contributed by atoms with Gasteiger partial charge in [-0.3, -0.25) is 0 Å². The van der Waals surface area contributed by atoms with Gasteiger partial charge in [0.15, 0.2) is 0 Å². The molecule has 0 amide bonds. The van der Waals surface area contributed by atoms with Gasteiger partial charge in [-0.1, -0.05) is 18.2 Å². The molecule has 3 heteroatoms. The highest BCUT2D eigenvalue weighted by Crippen LogP contribution is 2.21. The van der Waals surface area contributed by atoms with E-state index in [0.717, 1.165) is 25.2 Å². The van der Waals surface area contributed by atoms with Gasteiger partial charge in [0.25, 0.3) is 0 Å². The van der Waals surface area contributed by atoms with Gasteiger partial charge < -0.3 is 10.1 Å². The van der Waals surface area contributed by atoms with E-state index in [1.165, 1.54) is 6.07 Å². The third-order valence-electron chi connectivity index (χ3n) is 3.56. The molecule has 0 spiro atoms. The fraction of sp³-hybridized carbons (Fsp3) is 0.571. The minimum Gasteiger partial charge on any atom is -0.381 e. The maximum atomic E-state index is 13.6. The van der Waals surface area contributed by atoms with Gasteiger partial charge >= 0.3 is 0 Å². The fourth-order valence-corrected chi connectivity index (χ4v) is 2.39. The lowest BCUT2D eigenvalue weighted by molar-refractivity contribution is 0.177. The molecular weight excluding hydrogens is 217 g/mol. The molecule has 0 bridgehead atoms. The second-order valence-corrected chi connectivity index (χ2v) is 4.82. The summed E-state index contributed by atoms with van der Waals surface area (Å²) in [6.07, 6.45) is 1.10. The lowest BCUT2D eigenvalue weighted by Crippen LogP contribution is -2.35. The van der Waals surface area contributed by atoms with Gasteiger partial charge in [-0.2, -0.15) is 0 Å². The molecule has 1 aliphatic heterocycles. The fourth-order valence-electron chi connectivity index (χ4n) is 2.39. The van der Waals surface area contributed by atoms with Crippen LogP contribution in [0.1, 0.15) is 31.9 Å². The van der Waals surface area contributed by atoms with Crippen LogP contribution in [0.3, 0.4) is 0 Å². The molecule has 3 atom stereocenters. The van der Waals surface area contributed by atoms with Gasteiger partial charge in [0.1, 0.15) is 5.82 Å². The number of ether oxygens (including phenoxy) is 1. The third-order valence-corrected chi connectivity index (χ3v) is 3.56. The highest BCUT2D eigenvalue weighted by molar-refractivity contribution is 5.20. The summed E-state index contributed by atoms with van der Waals surface area (Å²) in [5.74, 6) is 0.409. The van der Waals surface area contributed by atoms with Gasteiger partial charge in [0.05, 0.1) is 6.61 Å². The van der Waals surface area contributed by atoms with Crippen LogP contribution in [-0.4, -0.2) is 19.3 Å². The Bertz CT molecular complexity index is 363. The molecule has 1 aliphatic rings. The van der Waals surface area contributed by atoms with E-state index < -0.39 is 0 Å². The predicted molar refractivity (Wildman–Crippen MR) is 66.3 cm³/mol. The molecule has 1 aromatic carbocycles. The van der Waals surface area contributed by atoms with E-state index in [1.807, 2.05) is 19.1 Å². The van der Waals surface area contributed by atoms with Crippen molar-refractivity contribution in [2.75, 3.05) is 13.2 Å². The molecule has 17 heavy (non-hydrogen) atoms. The van der Waals surface area contributed by atoms with Crippen LogP contribution in [0, 0.1) is 11.7 Å². The van der Waals surface area contributed by atoms with E-state index in [-0.39, 0.29) is 11.9 Å². The van der Waals surface area contributed by atoms with Crippen molar-refractivity contribution in [1.82, 2.24) is 5.32 Å². The Hall–Kier alpha value is -0.930. The summed E-state index contributed by atoms with van der Waals surface area (Å²) in [6.45, 7) is 5.82. The third kappa shape index (κ3) is 3.05. The van der Waals surface area contributed by atoms with Crippen molar-refractivity contribution in [1.29, 1.82) is 0 Å². The van der Waals surface area contributed by atoms with Crippen molar-refractivity contribution in [3.8, 4) is 0 Å². The Kier molecular flexibility index (Phi) is 4.13. The summed E-state index contributed by atoms with van der Waals surface area (Å²) in [5.41, 5.74) is 0.735. The Balaban J connectivity index is 1.96. The molecule has 0 aliphatic carbocycles. The lowest BCUT2D eigenvalue weighted by atomic mass is 9.98. The van der Waals surface area contributed by atoms with E-state index in [4.69, 9.17) is 4.74 Å². The lowest BCUT2D eigenvalue weighted by Gasteiger charge is -2.24. The van der Waals surface area contributed by atoms with Gasteiger partial charge in [0.2, 0.25) is 0 Å². The zero-order valence-electron chi connectivity index (χ0n) is 10.4. The molecule has 2 rings (SSSR count). The largest absolute Gasteiger partial charge is 0.381 e. The minimum atomic E-state index is -0.137. The second-order valence-electron chi connectivity index (χ2n) is 4.82. The molecule has 94 valence electrons. The van der Waals surface area contributed by atoms with Crippen LogP contribution in [0.2, 0.25) is 0 Å². The highest BCUT2D eigenvalue weighted by Gasteiger charge is 2.24. The normalized spacial score (nSPS) is 23.6. The summed E-state index contributed by atoms with van der Waals surface area (Å²) in [7, 11) is 0. The topological polar surface area (TPSA) is 21.3 Å². The Labute approximate surface area is 102 Å². The van der Waals surface area contributed by atoms with Crippen molar-refractivity contribution in [2.24, 2.45) is 5.92 Å². The summed E-state index contributed by atoms with van der Waals surface area (Å²) in [6, 6.07) is 7.33. The first kappa shape index (κ1) is 12.5. The summed E-state index contributed by atoms with van der Waals surface area (Å²) < 4.78 is 19.0. The van der Waals surface area contributed by atoms with E-state index in [2.05, 4.69) is 12.2 Å². The van der Waals surface area contributed by atoms with Crippen LogP contribution >= 0.6 is 0 Å². The molecule has 1 saturated heterocycles. The second kappa shape index (κ2) is 5.61. The minimum absolute atomic E-state index is 0.0341. The van der Waals surface area contributed by atoms with E-state index in [0.29, 0.717) is 12.0 Å². The van der Waals surface area contributed by atoms with Crippen LogP contribution in [-0.2, 0) is 4.74 Å². The standard InChI is InChI=1S/C14H20FNO/c1-10(12-7-8-17-9-12)16-11(2)13-5-3-4-6-14(13)15/h3-6,10-12,16H,7-9H2,1-2H3. The van der Waals surface area contributed by atoms with E-state index in [1.54, 1.807) is 6.07 Å². The van der Waals surface area contributed by atoms with Crippen molar-refractivity contribution >= 4 is 0 Å². The maximum Gasteiger partial charge on any atom is 0.127 e. The van der Waals surface area contributed by atoms with Crippen LogP contribution in [0.5, 0.6) is 0 Å². The molecule has 1 heterocycles. The molecule has 0 saturated carbocycles. The number of nitrogens with one attached hydrogen (secondary N) is 1. The molecule has 1 aromatic rings.